The van der Waals surface area contributed by atoms with E-state index in [0.29, 0.717) is 12.5 Å². The number of rotatable bonds is 6. The highest BCUT2D eigenvalue weighted by Crippen LogP contribution is 2.03. The van der Waals surface area contributed by atoms with Gasteiger partial charge >= 0.3 is 0 Å². The molecule has 1 heterocycles. The second kappa shape index (κ2) is 6.53. The van der Waals surface area contributed by atoms with Gasteiger partial charge < -0.3 is 10.4 Å². The topological polar surface area (TPSA) is 45.1 Å². The lowest BCUT2D eigenvalue weighted by Crippen LogP contribution is -2.27. The fourth-order valence-corrected chi connectivity index (χ4v) is 1.51. The van der Waals surface area contributed by atoms with Crippen molar-refractivity contribution in [2.45, 2.75) is 32.9 Å². The van der Waals surface area contributed by atoms with E-state index < -0.39 is 0 Å². The molecule has 0 bridgehead atoms. The fraction of sp³-hybridized carbons (Fsp3) is 0.583. The van der Waals surface area contributed by atoms with Crippen molar-refractivity contribution in [3.8, 4) is 0 Å². The van der Waals surface area contributed by atoms with Gasteiger partial charge in [-0.05, 0) is 24.0 Å². The molecule has 1 unspecified atom stereocenters. The van der Waals surface area contributed by atoms with Gasteiger partial charge in [0.1, 0.15) is 0 Å². The largest absolute Gasteiger partial charge is 0.392 e. The number of pyridine rings is 1. The van der Waals surface area contributed by atoms with Gasteiger partial charge in [0.05, 0.1) is 6.10 Å². The Hall–Kier alpha value is -0.930. The minimum Gasteiger partial charge on any atom is -0.392 e. The molecule has 84 valence electrons. The highest BCUT2D eigenvalue weighted by Gasteiger charge is 2.05. The molecule has 2 N–H and O–H groups in total. The van der Waals surface area contributed by atoms with Gasteiger partial charge in [-0.25, -0.2) is 0 Å². The minimum absolute atomic E-state index is 0.248. The maximum absolute atomic E-state index is 9.62. The summed E-state index contributed by atoms with van der Waals surface area (Å²) < 4.78 is 0. The lowest BCUT2D eigenvalue weighted by molar-refractivity contribution is 0.146. The average Bonchev–Trinajstić information content (AvgIpc) is 2.18. The summed E-state index contributed by atoms with van der Waals surface area (Å²) in [6, 6.07) is 3.94. The molecule has 1 aromatic heterocycles. The number of nitrogens with zero attached hydrogens (tertiary/aromatic N) is 1. The molecule has 0 saturated carbocycles. The van der Waals surface area contributed by atoms with Crippen LogP contribution in [0, 0.1) is 5.92 Å². The van der Waals surface area contributed by atoms with E-state index in [1.54, 1.807) is 6.20 Å². The Balaban J connectivity index is 2.16. The lowest BCUT2D eigenvalue weighted by atomic mass is 10.1. The molecule has 3 nitrogen and oxygen atoms in total. The molecule has 0 saturated heterocycles. The predicted molar refractivity (Wildman–Crippen MR) is 61.4 cm³/mol. The lowest BCUT2D eigenvalue weighted by Gasteiger charge is -2.13. The Labute approximate surface area is 91.5 Å². The highest BCUT2D eigenvalue weighted by molar-refractivity contribution is 5.07. The molecular formula is C12H20N2O. The van der Waals surface area contributed by atoms with E-state index in [9.17, 15) is 5.11 Å². The quantitative estimate of drug-likeness (QED) is 0.746. The van der Waals surface area contributed by atoms with Crippen LogP contribution in [0.15, 0.2) is 24.5 Å². The number of aromatic nitrogens is 1. The number of hydrogen-bond donors (Lipinski definition) is 2. The van der Waals surface area contributed by atoms with E-state index in [2.05, 4.69) is 24.1 Å². The molecule has 1 atom stereocenters. The van der Waals surface area contributed by atoms with Crippen LogP contribution in [0.5, 0.6) is 0 Å². The summed E-state index contributed by atoms with van der Waals surface area (Å²) in [5.74, 6) is 0.542. The Morgan fingerprint density at radius 1 is 1.47 bits per heavy atom. The van der Waals surface area contributed by atoms with Crippen LogP contribution < -0.4 is 5.32 Å². The Morgan fingerprint density at radius 2 is 2.27 bits per heavy atom. The summed E-state index contributed by atoms with van der Waals surface area (Å²) in [7, 11) is 0. The number of aliphatic hydroxyl groups excluding tert-OH is 1. The van der Waals surface area contributed by atoms with Crippen molar-refractivity contribution < 1.29 is 5.11 Å². The van der Waals surface area contributed by atoms with Gasteiger partial charge in [0.15, 0.2) is 0 Å². The first-order chi connectivity index (χ1) is 7.18. The third-order valence-corrected chi connectivity index (χ3v) is 2.18. The SMILES string of the molecule is CC(C)CC(O)CNCc1cccnc1. The Morgan fingerprint density at radius 3 is 2.87 bits per heavy atom. The van der Waals surface area contributed by atoms with Crippen molar-refractivity contribution >= 4 is 0 Å². The van der Waals surface area contributed by atoms with E-state index in [-0.39, 0.29) is 6.10 Å². The van der Waals surface area contributed by atoms with Gasteiger partial charge in [-0.1, -0.05) is 19.9 Å². The molecular weight excluding hydrogens is 188 g/mol. The molecule has 0 aromatic carbocycles. The van der Waals surface area contributed by atoms with Crippen LogP contribution in [-0.2, 0) is 6.54 Å². The minimum atomic E-state index is -0.248. The molecule has 0 fully saturated rings. The first-order valence-corrected chi connectivity index (χ1v) is 5.46. The van der Waals surface area contributed by atoms with Gasteiger partial charge in [0, 0.05) is 25.5 Å². The zero-order valence-electron chi connectivity index (χ0n) is 9.48. The molecule has 0 amide bonds. The van der Waals surface area contributed by atoms with Crippen LogP contribution in [0.2, 0.25) is 0 Å². The van der Waals surface area contributed by atoms with Crippen LogP contribution in [-0.4, -0.2) is 22.7 Å². The average molecular weight is 208 g/mol. The third-order valence-electron chi connectivity index (χ3n) is 2.18. The van der Waals surface area contributed by atoms with Crippen LogP contribution >= 0.6 is 0 Å². The van der Waals surface area contributed by atoms with Crippen molar-refractivity contribution in [2.24, 2.45) is 5.92 Å². The second-order valence-corrected chi connectivity index (χ2v) is 4.28. The van der Waals surface area contributed by atoms with Crippen LogP contribution in [0.4, 0.5) is 0 Å². The summed E-state index contributed by atoms with van der Waals surface area (Å²) in [6.45, 7) is 5.64. The van der Waals surface area contributed by atoms with E-state index in [1.807, 2.05) is 18.3 Å². The van der Waals surface area contributed by atoms with E-state index in [1.165, 1.54) is 0 Å². The number of aliphatic hydroxyl groups is 1. The molecule has 1 rings (SSSR count). The van der Waals surface area contributed by atoms with Crippen LogP contribution in [0.3, 0.4) is 0 Å². The van der Waals surface area contributed by atoms with Crippen LogP contribution in [0.25, 0.3) is 0 Å². The van der Waals surface area contributed by atoms with Gasteiger partial charge in [-0.2, -0.15) is 0 Å². The maximum Gasteiger partial charge on any atom is 0.0667 e. The first kappa shape index (κ1) is 12.1. The van der Waals surface area contributed by atoms with Crippen molar-refractivity contribution in [2.75, 3.05) is 6.54 Å². The van der Waals surface area contributed by atoms with E-state index >= 15 is 0 Å². The zero-order chi connectivity index (χ0) is 11.1. The van der Waals surface area contributed by atoms with Crippen LogP contribution in [0.1, 0.15) is 25.8 Å². The van der Waals surface area contributed by atoms with Gasteiger partial charge in [0.2, 0.25) is 0 Å². The summed E-state index contributed by atoms with van der Waals surface area (Å²) in [6.07, 6.45) is 4.19. The maximum atomic E-state index is 9.62. The van der Waals surface area contributed by atoms with Gasteiger partial charge in [-0.15, -0.1) is 0 Å². The van der Waals surface area contributed by atoms with E-state index in [4.69, 9.17) is 0 Å². The monoisotopic (exact) mass is 208 g/mol. The van der Waals surface area contributed by atoms with E-state index in [0.717, 1.165) is 18.5 Å². The third kappa shape index (κ3) is 5.50. The molecule has 3 heteroatoms. The van der Waals surface area contributed by atoms with Crippen molar-refractivity contribution in [3.63, 3.8) is 0 Å². The van der Waals surface area contributed by atoms with Crippen molar-refractivity contribution in [3.05, 3.63) is 30.1 Å². The normalized spacial score (nSPS) is 13.1. The molecule has 0 radical (unpaired) electrons. The van der Waals surface area contributed by atoms with Gasteiger partial charge in [-0.3, -0.25) is 4.98 Å². The highest BCUT2D eigenvalue weighted by atomic mass is 16.3. The zero-order valence-corrected chi connectivity index (χ0v) is 9.48. The molecule has 0 aliphatic carbocycles. The number of hydrogen-bond acceptors (Lipinski definition) is 3. The summed E-state index contributed by atoms with van der Waals surface area (Å²) >= 11 is 0. The molecule has 0 aliphatic rings. The summed E-state index contributed by atoms with van der Waals surface area (Å²) in [4.78, 5) is 4.03. The summed E-state index contributed by atoms with van der Waals surface area (Å²) in [5.41, 5.74) is 1.15. The molecule has 0 spiro atoms. The predicted octanol–water partition coefficient (Wildman–Crippen LogP) is 1.58. The molecule has 15 heavy (non-hydrogen) atoms. The standard InChI is InChI=1S/C12H20N2O/c1-10(2)6-12(15)9-14-8-11-4-3-5-13-7-11/h3-5,7,10,12,14-15H,6,8-9H2,1-2H3. The number of nitrogens with one attached hydrogen (secondary N) is 1. The Bertz CT molecular complexity index is 262. The fourth-order valence-electron chi connectivity index (χ4n) is 1.51. The smallest absolute Gasteiger partial charge is 0.0667 e. The second-order valence-electron chi connectivity index (χ2n) is 4.28. The summed E-state index contributed by atoms with van der Waals surface area (Å²) in [5, 5.41) is 12.8. The van der Waals surface area contributed by atoms with Crippen molar-refractivity contribution in [1.29, 1.82) is 0 Å². The Kier molecular flexibility index (Phi) is 5.29. The molecule has 1 aromatic rings. The van der Waals surface area contributed by atoms with Gasteiger partial charge in [0.25, 0.3) is 0 Å². The first-order valence-electron chi connectivity index (χ1n) is 5.46. The van der Waals surface area contributed by atoms with Crippen molar-refractivity contribution in [1.82, 2.24) is 10.3 Å². The molecule has 0 aliphatic heterocycles.